The van der Waals surface area contributed by atoms with Crippen LogP contribution in [0.5, 0.6) is 0 Å². The lowest BCUT2D eigenvalue weighted by Crippen LogP contribution is -2.26. The van der Waals surface area contributed by atoms with Crippen molar-refractivity contribution in [2.24, 2.45) is 11.8 Å². The normalized spacial score (nSPS) is 30.1. The first-order valence-electron chi connectivity index (χ1n) is 4.42. The van der Waals surface area contributed by atoms with Crippen molar-refractivity contribution < 1.29 is 8.42 Å². The molecule has 1 aliphatic rings. The van der Waals surface area contributed by atoms with Gasteiger partial charge in [0.1, 0.15) is 0 Å². The van der Waals surface area contributed by atoms with Crippen LogP contribution < -0.4 is 5.32 Å². The van der Waals surface area contributed by atoms with Gasteiger partial charge in [-0.15, -0.1) is 0 Å². The summed E-state index contributed by atoms with van der Waals surface area (Å²) < 4.78 is 22.7. The molecule has 0 aromatic heterocycles. The quantitative estimate of drug-likeness (QED) is 0.647. The Bertz CT molecular complexity index is 233. The molecule has 0 spiro atoms. The van der Waals surface area contributed by atoms with Gasteiger partial charge in [0.15, 0.2) is 9.84 Å². The van der Waals surface area contributed by atoms with Crippen molar-refractivity contribution in [2.45, 2.75) is 13.8 Å². The Balaban J connectivity index is 2.67. The summed E-state index contributed by atoms with van der Waals surface area (Å²) >= 11 is 0. The third kappa shape index (κ3) is 2.75. The number of rotatable bonds is 1. The van der Waals surface area contributed by atoms with E-state index in [0.29, 0.717) is 24.0 Å². The smallest absolute Gasteiger partial charge is 0.151 e. The molecule has 1 heterocycles. The highest BCUT2D eigenvalue weighted by Gasteiger charge is 2.24. The molecular weight excluding hydrogens is 174 g/mol. The lowest BCUT2D eigenvalue weighted by Gasteiger charge is -2.17. The topological polar surface area (TPSA) is 46.2 Å². The summed E-state index contributed by atoms with van der Waals surface area (Å²) in [5, 5.41) is 3.16. The van der Waals surface area contributed by atoms with Crippen molar-refractivity contribution in [1.29, 1.82) is 0 Å². The molecule has 72 valence electrons. The van der Waals surface area contributed by atoms with E-state index in [-0.39, 0.29) is 5.92 Å². The maximum absolute atomic E-state index is 11.3. The summed E-state index contributed by atoms with van der Waals surface area (Å²) in [6.45, 7) is 5.61. The molecule has 4 heteroatoms. The van der Waals surface area contributed by atoms with Gasteiger partial charge in [0.25, 0.3) is 0 Å². The van der Waals surface area contributed by atoms with E-state index in [4.69, 9.17) is 0 Å². The second-order valence-electron chi connectivity index (χ2n) is 3.82. The van der Waals surface area contributed by atoms with Crippen LogP contribution in [-0.4, -0.2) is 33.0 Å². The third-order valence-electron chi connectivity index (χ3n) is 2.41. The zero-order valence-electron chi connectivity index (χ0n) is 7.71. The van der Waals surface area contributed by atoms with Crippen molar-refractivity contribution in [3.8, 4) is 0 Å². The standard InChI is InChI=1S/C8H17NO2S/c1-7(2)8-5-9-3-4-12(10,11)6-8/h7-9H,3-6H2,1-2H3. The highest BCUT2D eigenvalue weighted by molar-refractivity contribution is 7.91. The Kier molecular flexibility index (Phi) is 3.12. The van der Waals surface area contributed by atoms with E-state index in [1.54, 1.807) is 0 Å². The van der Waals surface area contributed by atoms with Crippen molar-refractivity contribution in [1.82, 2.24) is 5.32 Å². The molecule has 0 amide bonds. The van der Waals surface area contributed by atoms with E-state index in [1.807, 2.05) is 0 Å². The van der Waals surface area contributed by atoms with Crippen LogP contribution >= 0.6 is 0 Å². The Morgan fingerprint density at radius 3 is 2.67 bits per heavy atom. The van der Waals surface area contributed by atoms with Gasteiger partial charge < -0.3 is 5.32 Å². The molecule has 0 radical (unpaired) electrons. The zero-order valence-corrected chi connectivity index (χ0v) is 8.52. The highest BCUT2D eigenvalue weighted by atomic mass is 32.2. The second-order valence-corrected chi connectivity index (χ2v) is 6.05. The fraction of sp³-hybridized carbons (Fsp3) is 1.00. The van der Waals surface area contributed by atoms with Gasteiger partial charge in [-0.2, -0.15) is 0 Å². The number of hydrogen-bond donors (Lipinski definition) is 1. The van der Waals surface area contributed by atoms with Gasteiger partial charge in [0.05, 0.1) is 11.5 Å². The molecule has 1 fully saturated rings. The van der Waals surface area contributed by atoms with Gasteiger partial charge in [-0.1, -0.05) is 13.8 Å². The molecular formula is C8H17NO2S. The number of sulfone groups is 1. The predicted octanol–water partition coefficient (Wildman–Crippen LogP) is 0.277. The summed E-state index contributed by atoms with van der Waals surface area (Å²) in [6.07, 6.45) is 0. The Morgan fingerprint density at radius 2 is 2.08 bits per heavy atom. The molecule has 1 aliphatic heterocycles. The molecule has 0 aliphatic carbocycles. The minimum atomic E-state index is -2.78. The maximum atomic E-state index is 11.3. The molecule has 1 atom stereocenters. The lowest BCUT2D eigenvalue weighted by molar-refractivity contribution is 0.405. The van der Waals surface area contributed by atoms with Crippen LogP contribution in [0.2, 0.25) is 0 Å². The molecule has 1 unspecified atom stereocenters. The molecule has 1 rings (SSSR count). The summed E-state index contributed by atoms with van der Waals surface area (Å²) in [4.78, 5) is 0. The van der Waals surface area contributed by atoms with Crippen LogP contribution in [0.1, 0.15) is 13.8 Å². The molecule has 1 N–H and O–H groups in total. The molecule has 1 saturated heterocycles. The van der Waals surface area contributed by atoms with E-state index in [0.717, 1.165) is 6.54 Å². The highest BCUT2D eigenvalue weighted by Crippen LogP contribution is 2.14. The summed E-state index contributed by atoms with van der Waals surface area (Å²) in [6, 6.07) is 0. The fourth-order valence-electron chi connectivity index (χ4n) is 1.41. The number of nitrogens with one attached hydrogen (secondary N) is 1. The van der Waals surface area contributed by atoms with Crippen LogP contribution in [0.3, 0.4) is 0 Å². The van der Waals surface area contributed by atoms with Crippen molar-refractivity contribution in [3.63, 3.8) is 0 Å². The Morgan fingerprint density at radius 1 is 1.42 bits per heavy atom. The third-order valence-corrected chi connectivity index (χ3v) is 4.17. The first-order chi connectivity index (χ1) is 5.51. The monoisotopic (exact) mass is 191 g/mol. The minimum absolute atomic E-state index is 0.289. The fourth-order valence-corrected chi connectivity index (χ4v) is 3.19. The van der Waals surface area contributed by atoms with Crippen LogP contribution in [0.25, 0.3) is 0 Å². The molecule has 0 bridgehead atoms. The van der Waals surface area contributed by atoms with E-state index in [9.17, 15) is 8.42 Å². The van der Waals surface area contributed by atoms with Crippen molar-refractivity contribution in [3.05, 3.63) is 0 Å². The molecule has 0 aromatic carbocycles. The van der Waals surface area contributed by atoms with E-state index in [1.165, 1.54) is 0 Å². The van der Waals surface area contributed by atoms with E-state index in [2.05, 4.69) is 19.2 Å². The van der Waals surface area contributed by atoms with Crippen LogP contribution in [0.15, 0.2) is 0 Å². The molecule has 12 heavy (non-hydrogen) atoms. The van der Waals surface area contributed by atoms with E-state index < -0.39 is 9.84 Å². The number of hydrogen-bond acceptors (Lipinski definition) is 3. The zero-order chi connectivity index (χ0) is 9.19. The largest absolute Gasteiger partial charge is 0.315 e. The first-order valence-corrected chi connectivity index (χ1v) is 6.24. The van der Waals surface area contributed by atoms with Crippen molar-refractivity contribution in [2.75, 3.05) is 24.6 Å². The van der Waals surface area contributed by atoms with Gasteiger partial charge in [-0.3, -0.25) is 0 Å². The molecule has 0 saturated carbocycles. The predicted molar refractivity (Wildman–Crippen MR) is 49.9 cm³/mol. The maximum Gasteiger partial charge on any atom is 0.151 e. The van der Waals surface area contributed by atoms with Gasteiger partial charge in [0.2, 0.25) is 0 Å². The van der Waals surface area contributed by atoms with Gasteiger partial charge in [0, 0.05) is 6.54 Å². The van der Waals surface area contributed by atoms with Crippen molar-refractivity contribution >= 4 is 9.84 Å². The summed E-state index contributed by atoms with van der Waals surface area (Å²) in [7, 11) is -2.78. The second kappa shape index (κ2) is 3.75. The van der Waals surface area contributed by atoms with Gasteiger partial charge in [-0.25, -0.2) is 8.42 Å². The van der Waals surface area contributed by atoms with Crippen LogP contribution in [0, 0.1) is 11.8 Å². The SMILES string of the molecule is CC(C)C1CNCCS(=O)(=O)C1. The van der Waals surface area contributed by atoms with Crippen LogP contribution in [-0.2, 0) is 9.84 Å². The summed E-state index contributed by atoms with van der Waals surface area (Å²) in [5.74, 6) is 1.40. The molecule has 0 aromatic rings. The van der Waals surface area contributed by atoms with E-state index >= 15 is 0 Å². The average molecular weight is 191 g/mol. The Hall–Kier alpha value is -0.0900. The lowest BCUT2D eigenvalue weighted by atomic mass is 9.98. The molecule has 3 nitrogen and oxygen atoms in total. The first kappa shape index (κ1) is 9.99. The van der Waals surface area contributed by atoms with Gasteiger partial charge >= 0.3 is 0 Å². The minimum Gasteiger partial charge on any atom is -0.315 e. The van der Waals surface area contributed by atoms with Gasteiger partial charge in [-0.05, 0) is 18.4 Å². The summed E-state index contributed by atoms with van der Waals surface area (Å²) in [5.41, 5.74) is 0. The average Bonchev–Trinajstić information content (AvgIpc) is 2.10. The van der Waals surface area contributed by atoms with Crippen LogP contribution in [0.4, 0.5) is 0 Å². The Labute approximate surface area is 74.5 Å².